The zero-order valence-corrected chi connectivity index (χ0v) is 9.96. The maximum Gasteiger partial charge on any atom is 0.315 e. The highest BCUT2D eigenvalue weighted by atomic mass is 19.1. The van der Waals surface area contributed by atoms with Gasteiger partial charge in [0.2, 0.25) is 0 Å². The van der Waals surface area contributed by atoms with E-state index in [-0.39, 0.29) is 19.0 Å². The summed E-state index contributed by atoms with van der Waals surface area (Å²) in [5, 5.41) is 14.2. The molecule has 17 heavy (non-hydrogen) atoms. The summed E-state index contributed by atoms with van der Waals surface area (Å²) < 4.78 is 12.9. The Labute approximate surface area is 99.8 Å². The molecule has 0 atom stereocenters. The minimum absolute atomic E-state index is 0.152. The number of aliphatic hydroxyl groups excluding tert-OH is 1. The Morgan fingerprint density at radius 2 is 2.18 bits per heavy atom. The Bertz CT molecular complexity index is 394. The van der Waals surface area contributed by atoms with Gasteiger partial charge >= 0.3 is 6.03 Å². The van der Waals surface area contributed by atoms with E-state index in [1.807, 2.05) is 0 Å². The van der Waals surface area contributed by atoms with Crippen LogP contribution in [0.5, 0.6) is 0 Å². The Kier molecular flexibility index (Phi) is 4.45. The Morgan fingerprint density at radius 3 is 2.76 bits per heavy atom. The fourth-order valence-corrected chi connectivity index (χ4v) is 1.22. The largest absolute Gasteiger partial charge is 0.394 e. The lowest BCUT2D eigenvalue weighted by molar-refractivity contribution is 0.182. The average molecular weight is 240 g/mol. The van der Waals surface area contributed by atoms with Crippen LogP contribution in [0.2, 0.25) is 0 Å². The molecule has 4 nitrogen and oxygen atoms in total. The molecule has 0 saturated heterocycles. The van der Waals surface area contributed by atoms with Crippen molar-refractivity contribution < 1.29 is 14.3 Å². The van der Waals surface area contributed by atoms with Gasteiger partial charge in [-0.15, -0.1) is 0 Å². The molecule has 0 aromatic heterocycles. The van der Waals surface area contributed by atoms with Crippen molar-refractivity contribution in [2.45, 2.75) is 25.9 Å². The second kappa shape index (κ2) is 5.63. The number of hydrogen-bond donors (Lipinski definition) is 3. The second-order valence-electron chi connectivity index (χ2n) is 4.48. The zero-order chi connectivity index (χ0) is 12.9. The van der Waals surface area contributed by atoms with Crippen molar-refractivity contribution in [3.05, 3.63) is 35.6 Å². The molecule has 0 fully saturated rings. The second-order valence-corrected chi connectivity index (χ2v) is 4.48. The van der Waals surface area contributed by atoms with Crippen LogP contribution in [0.15, 0.2) is 24.3 Å². The van der Waals surface area contributed by atoms with Crippen LogP contribution in [-0.4, -0.2) is 23.3 Å². The number of benzene rings is 1. The number of nitrogens with one attached hydrogen (secondary N) is 2. The van der Waals surface area contributed by atoms with Crippen molar-refractivity contribution in [3.63, 3.8) is 0 Å². The van der Waals surface area contributed by atoms with Gasteiger partial charge in [0.05, 0.1) is 12.1 Å². The SMILES string of the molecule is CC(C)(CO)NC(=O)NCc1cccc(F)c1. The van der Waals surface area contributed by atoms with Crippen LogP contribution < -0.4 is 10.6 Å². The molecule has 0 spiro atoms. The van der Waals surface area contributed by atoms with Gasteiger partial charge in [-0.25, -0.2) is 9.18 Å². The van der Waals surface area contributed by atoms with Crippen LogP contribution in [0.3, 0.4) is 0 Å². The Balaban J connectivity index is 2.44. The molecule has 5 heteroatoms. The summed E-state index contributed by atoms with van der Waals surface area (Å²) in [6.45, 7) is 3.50. The molecule has 0 bridgehead atoms. The van der Waals surface area contributed by atoms with Gasteiger partial charge in [-0.05, 0) is 31.5 Å². The number of carbonyl (C=O) groups excluding carboxylic acids is 1. The zero-order valence-electron chi connectivity index (χ0n) is 9.96. The summed E-state index contributed by atoms with van der Waals surface area (Å²) in [6, 6.07) is 5.62. The first-order valence-corrected chi connectivity index (χ1v) is 5.34. The van der Waals surface area contributed by atoms with Crippen LogP contribution in [0, 0.1) is 5.82 Å². The van der Waals surface area contributed by atoms with Crippen LogP contribution in [0.1, 0.15) is 19.4 Å². The van der Waals surface area contributed by atoms with Crippen molar-refractivity contribution >= 4 is 6.03 Å². The van der Waals surface area contributed by atoms with Crippen molar-refractivity contribution in [2.75, 3.05) is 6.61 Å². The Hall–Kier alpha value is -1.62. The number of hydrogen-bond acceptors (Lipinski definition) is 2. The normalized spacial score (nSPS) is 11.1. The van der Waals surface area contributed by atoms with Gasteiger partial charge in [-0.2, -0.15) is 0 Å². The summed E-state index contributed by atoms with van der Waals surface area (Å²) in [6.07, 6.45) is 0. The van der Waals surface area contributed by atoms with E-state index in [2.05, 4.69) is 10.6 Å². The average Bonchev–Trinajstić information content (AvgIpc) is 2.26. The quantitative estimate of drug-likeness (QED) is 0.745. The van der Waals surface area contributed by atoms with Crippen LogP contribution in [-0.2, 0) is 6.54 Å². The predicted molar refractivity (Wildman–Crippen MR) is 62.9 cm³/mol. The summed E-state index contributed by atoms with van der Waals surface area (Å²) in [5.74, 6) is -0.333. The fourth-order valence-electron chi connectivity index (χ4n) is 1.22. The molecule has 0 heterocycles. The standard InChI is InChI=1S/C12H17FN2O2/c1-12(2,8-16)15-11(17)14-7-9-4-3-5-10(13)6-9/h3-6,16H,7-8H2,1-2H3,(H2,14,15,17). The van der Waals surface area contributed by atoms with Gasteiger partial charge in [-0.1, -0.05) is 12.1 Å². The van der Waals surface area contributed by atoms with Gasteiger partial charge < -0.3 is 15.7 Å². The fraction of sp³-hybridized carbons (Fsp3) is 0.417. The molecule has 0 aliphatic heterocycles. The molecule has 2 amide bonds. The third-order valence-corrected chi connectivity index (χ3v) is 2.19. The molecule has 0 aliphatic carbocycles. The molecule has 3 N–H and O–H groups in total. The highest BCUT2D eigenvalue weighted by molar-refractivity contribution is 5.74. The van der Waals surface area contributed by atoms with Gasteiger partial charge in [0.25, 0.3) is 0 Å². The molecule has 94 valence electrons. The molecular formula is C12H17FN2O2. The van der Waals surface area contributed by atoms with E-state index in [0.29, 0.717) is 5.56 Å². The lowest BCUT2D eigenvalue weighted by atomic mass is 10.1. The molecule has 1 rings (SSSR count). The number of aliphatic hydroxyl groups is 1. The van der Waals surface area contributed by atoms with Gasteiger partial charge in [0.15, 0.2) is 0 Å². The first-order valence-electron chi connectivity index (χ1n) is 5.34. The van der Waals surface area contributed by atoms with Crippen LogP contribution in [0.4, 0.5) is 9.18 Å². The first-order chi connectivity index (χ1) is 7.93. The number of carbonyl (C=O) groups is 1. The van der Waals surface area contributed by atoms with E-state index in [9.17, 15) is 9.18 Å². The van der Waals surface area contributed by atoms with E-state index < -0.39 is 11.6 Å². The molecule has 0 radical (unpaired) electrons. The van der Waals surface area contributed by atoms with Crippen molar-refractivity contribution in [1.29, 1.82) is 0 Å². The molecular weight excluding hydrogens is 223 g/mol. The number of amides is 2. The lowest BCUT2D eigenvalue weighted by Crippen LogP contribution is -2.50. The Morgan fingerprint density at radius 1 is 1.47 bits per heavy atom. The topological polar surface area (TPSA) is 61.4 Å². The molecule has 0 aliphatic rings. The predicted octanol–water partition coefficient (Wildman–Crippen LogP) is 1.40. The summed E-state index contributed by atoms with van der Waals surface area (Å²) in [4.78, 5) is 11.4. The summed E-state index contributed by atoms with van der Waals surface area (Å²) >= 11 is 0. The van der Waals surface area contributed by atoms with Crippen molar-refractivity contribution in [3.8, 4) is 0 Å². The third kappa shape index (κ3) is 4.82. The van der Waals surface area contributed by atoms with Gasteiger partial charge in [0, 0.05) is 6.54 Å². The molecule has 0 unspecified atom stereocenters. The summed E-state index contributed by atoms with van der Waals surface area (Å²) in [7, 11) is 0. The monoisotopic (exact) mass is 240 g/mol. The third-order valence-electron chi connectivity index (χ3n) is 2.19. The van der Waals surface area contributed by atoms with Gasteiger partial charge in [-0.3, -0.25) is 0 Å². The summed E-state index contributed by atoms with van der Waals surface area (Å²) in [5.41, 5.74) is 0.00778. The lowest BCUT2D eigenvalue weighted by Gasteiger charge is -2.23. The van der Waals surface area contributed by atoms with Crippen LogP contribution >= 0.6 is 0 Å². The molecule has 0 saturated carbocycles. The van der Waals surface area contributed by atoms with Crippen molar-refractivity contribution in [1.82, 2.24) is 10.6 Å². The number of rotatable bonds is 4. The van der Waals surface area contributed by atoms with E-state index in [4.69, 9.17) is 5.11 Å². The first kappa shape index (κ1) is 13.4. The van der Waals surface area contributed by atoms with E-state index in [1.165, 1.54) is 12.1 Å². The highest BCUT2D eigenvalue weighted by Gasteiger charge is 2.18. The minimum atomic E-state index is -0.675. The van der Waals surface area contributed by atoms with E-state index in [0.717, 1.165) is 0 Å². The van der Waals surface area contributed by atoms with Gasteiger partial charge in [0.1, 0.15) is 5.82 Å². The van der Waals surface area contributed by atoms with Crippen molar-refractivity contribution in [2.24, 2.45) is 0 Å². The smallest absolute Gasteiger partial charge is 0.315 e. The minimum Gasteiger partial charge on any atom is -0.394 e. The maximum absolute atomic E-state index is 12.9. The number of urea groups is 1. The van der Waals surface area contributed by atoms with E-state index in [1.54, 1.807) is 26.0 Å². The van der Waals surface area contributed by atoms with E-state index >= 15 is 0 Å². The molecule has 1 aromatic carbocycles. The number of halogens is 1. The maximum atomic E-state index is 12.9. The van der Waals surface area contributed by atoms with Crippen LogP contribution in [0.25, 0.3) is 0 Å². The molecule has 1 aromatic rings. The highest BCUT2D eigenvalue weighted by Crippen LogP contribution is 2.03.